The first-order valence-corrected chi connectivity index (χ1v) is 6.82. The van der Waals surface area contributed by atoms with Crippen molar-refractivity contribution in [3.05, 3.63) is 11.7 Å². The highest BCUT2D eigenvalue weighted by Gasteiger charge is 2.13. The molecule has 0 aliphatic carbocycles. The molecule has 0 spiro atoms. The standard InChI is InChI=1S/C10H19N3O2S/c1-3-14-6-4-9-12-10(15-13-9)8(11)5-7-16-2/h8H,3-7,11H2,1-2H3. The van der Waals surface area contributed by atoms with Gasteiger partial charge in [-0.1, -0.05) is 5.16 Å². The predicted molar refractivity (Wildman–Crippen MR) is 64.4 cm³/mol. The number of rotatable bonds is 8. The number of hydrogen-bond acceptors (Lipinski definition) is 6. The molecule has 0 aliphatic rings. The van der Waals surface area contributed by atoms with Crippen LogP contribution in [0.3, 0.4) is 0 Å². The van der Waals surface area contributed by atoms with Gasteiger partial charge in [-0.2, -0.15) is 16.7 Å². The van der Waals surface area contributed by atoms with E-state index in [1.54, 1.807) is 11.8 Å². The third kappa shape index (κ3) is 4.51. The lowest BCUT2D eigenvalue weighted by atomic mass is 10.2. The zero-order chi connectivity index (χ0) is 11.8. The molecule has 1 unspecified atom stereocenters. The van der Waals surface area contributed by atoms with Crippen LogP contribution in [0.4, 0.5) is 0 Å². The molecule has 16 heavy (non-hydrogen) atoms. The Balaban J connectivity index is 2.37. The van der Waals surface area contributed by atoms with Crippen LogP contribution in [-0.4, -0.2) is 35.4 Å². The predicted octanol–water partition coefficient (Wildman–Crippen LogP) is 1.40. The molecule has 1 aromatic rings. The third-order valence-electron chi connectivity index (χ3n) is 2.11. The second-order valence-corrected chi connectivity index (χ2v) is 4.37. The minimum absolute atomic E-state index is 0.152. The average Bonchev–Trinajstić information content (AvgIpc) is 2.75. The molecule has 0 radical (unpaired) electrons. The molecule has 0 aromatic carbocycles. The maximum atomic E-state index is 5.91. The van der Waals surface area contributed by atoms with E-state index in [0.29, 0.717) is 31.3 Å². The molecule has 0 amide bonds. The highest BCUT2D eigenvalue weighted by molar-refractivity contribution is 7.98. The summed E-state index contributed by atoms with van der Waals surface area (Å²) in [5.74, 6) is 2.20. The van der Waals surface area contributed by atoms with Crippen molar-refractivity contribution in [2.45, 2.75) is 25.8 Å². The first kappa shape index (κ1) is 13.5. The van der Waals surface area contributed by atoms with Gasteiger partial charge in [0.15, 0.2) is 5.82 Å². The monoisotopic (exact) mass is 245 g/mol. The van der Waals surface area contributed by atoms with Crippen molar-refractivity contribution in [3.8, 4) is 0 Å². The summed E-state index contributed by atoms with van der Waals surface area (Å²) < 4.78 is 10.3. The number of ether oxygens (including phenoxy) is 1. The van der Waals surface area contributed by atoms with Crippen molar-refractivity contribution in [3.63, 3.8) is 0 Å². The SMILES string of the molecule is CCOCCc1noc(C(N)CCSC)n1. The van der Waals surface area contributed by atoms with Crippen LogP contribution in [0, 0.1) is 0 Å². The molecule has 0 saturated carbocycles. The zero-order valence-corrected chi connectivity index (χ0v) is 10.6. The van der Waals surface area contributed by atoms with Gasteiger partial charge >= 0.3 is 0 Å². The largest absolute Gasteiger partial charge is 0.381 e. The summed E-state index contributed by atoms with van der Waals surface area (Å²) >= 11 is 1.76. The molecular weight excluding hydrogens is 226 g/mol. The Hall–Kier alpha value is -0.590. The molecule has 6 heteroatoms. The summed E-state index contributed by atoms with van der Waals surface area (Å²) in [7, 11) is 0. The van der Waals surface area contributed by atoms with E-state index in [9.17, 15) is 0 Å². The van der Waals surface area contributed by atoms with Crippen molar-refractivity contribution in [1.29, 1.82) is 0 Å². The molecule has 0 saturated heterocycles. The molecule has 1 aromatic heterocycles. The van der Waals surface area contributed by atoms with Crippen LogP contribution >= 0.6 is 11.8 Å². The Morgan fingerprint density at radius 3 is 3.06 bits per heavy atom. The molecule has 92 valence electrons. The fourth-order valence-corrected chi connectivity index (χ4v) is 1.69. The van der Waals surface area contributed by atoms with Crippen LogP contribution in [0.25, 0.3) is 0 Å². The van der Waals surface area contributed by atoms with Gasteiger partial charge in [-0.05, 0) is 25.4 Å². The Morgan fingerprint density at radius 1 is 1.56 bits per heavy atom. The minimum Gasteiger partial charge on any atom is -0.381 e. The van der Waals surface area contributed by atoms with E-state index in [1.807, 2.05) is 13.2 Å². The fourth-order valence-electron chi connectivity index (χ4n) is 1.20. The normalized spacial score (nSPS) is 12.9. The van der Waals surface area contributed by atoms with Gasteiger partial charge in [-0.3, -0.25) is 0 Å². The average molecular weight is 245 g/mol. The van der Waals surface area contributed by atoms with E-state index >= 15 is 0 Å². The summed E-state index contributed by atoms with van der Waals surface area (Å²) in [6.07, 6.45) is 3.58. The first-order valence-electron chi connectivity index (χ1n) is 5.42. The topological polar surface area (TPSA) is 74.2 Å². The van der Waals surface area contributed by atoms with Crippen molar-refractivity contribution < 1.29 is 9.26 Å². The molecule has 1 atom stereocenters. The summed E-state index contributed by atoms with van der Waals surface area (Å²) in [6, 6.07) is -0.152. The van der Waals surface area contributed by atoms with Crippen molar-refractivity contribution >= 4 is 11.8 Å². The van der Waals surface area contributed by atoms with E-state index in [1.165, 1.54) is 0 Å². The summed E-state index contributed by atoms with van der Waals surface area (Å²) in [4.78, 5) is 4.24. The highest BCUT2D eigenvalue weighted by atomic mass is 32.2. The summed E-state index contributed by atoms with van der Waals surface area (Å²) in [5, 5.41) is 3.86. The smallest absolute Gasteiger partial charge is 0.243 e. The second-order valence-electron chi connectivity index (χ2n) is 3.38. The first-order chi connectivity index (χ1) is 7.77. The molecular formula is C10H19N3O2S. The number of thioether (sulfide) groups is 1. The Bertz CT molecular complexity index is 293. The Kier molecular flexibility index (Phi) is 6.44. The molecule has 2 N–H and O–H groups in total. The van der Waals surface area contributed by atoms with Gasteiger partial charge in [-0.25, -0.2) is 0 Å². The second kappa shape index (κ2) is 7.65. The van der Waals surface area contributed by atoms with Crippen LogP contribution in [0.15, 0.2) is 4.52 Å². The van der Waals surface area contributed by atoms with Gasteiger partial charge < -0.3 is 15.0 Å². The third-order valence-corrected chi connectivity index (χ3v) is 2.75. The van der Waals surface area contributed by atoms with E-state index in [0.717, 1.165) is 12.2 Å². The molecule has 0 aliphatic heterocycles. The zero-order valence-electron chi connectivity index (χ0n) is 9.81. The van der Waals surface area contributed by atoms with E-state index < -0.39 is 0 Å². The van der Waals surface area contributed by atoms with Gasteiger partial charge in [0.25, 0.3) is 0 Å². The van der Waals surface area contributed by atoms with Gasteiger partial charge in [0.2, 0.25) is 5.89 Å². The van der Waals surface area contributed by atoms with E-state index in [4.69, 9.17) is 15.0 Å². The fraction of sp³-hybridized carbons (Fsp3) is 0.800. The molecule has 5 nitrogen and oxygen atoms in total. The van der Waals surface area contributed by atoms with Gasteiger partial charge in [0, 0.05) is 13.0 Å². The van der Waals surface area contributed by atoms with Gasteiger partial charge in [-0.15, -0.1) is 0 Å². The highest BCUT2D eigenvalue weighted by Crippen LogP contribution is 2.13. The van der Waals surface area contributed by atoms with Crippen LogP contribution in [0.1, 0.15) is 31.1 Å². The maximum Gasteiger partial charge on any atom is 0.243 e. The van der Waals surface area contributed by atoms with Gasteiger partial charge in [0.05, 0.1) is 12.6 Å². The quantitative estimate of drug-likeness (QED) is 0.698. The van der Waals surface area contributed by atoms with E-state index in [2.05, 4.69) is 10.1 Å². The summed E-state index contributed by atoms with van der Waals surface area (Å²) in [5.41, 5.74) is 5.91. The van der Waals surface area contributed by atoms with Crippen LogP contribution in [-0.2, 0) is 11.2 Å². The lowest BCUT2D eigenvalue weighted by Gasteiger charge is -2.03. The lowest BCUT2D eigenvalue weighted by molar-refractivity contribution is 0.149. The number of hydrogen-bond donors (Lipinski definition) is 1. The molecule has 0 bridgehead atoms. The number of nitrogens with zero attached hydrogens (tertiary/aromatic N) is 2. The van der Waals surface area contributed by atoms with Crippen molar-refractivity contribution in [2.75, 3.05) is 25.2 Å². The minimum atomic E-state index is -0.152. The molecule has 0 fully saturated rings. The maximum absolute atomic E-state index is 5.91. The van der Waals surface area contributed by atoms with Gasteiger partial charge in [0.1, 0.15) is 0 Å². The Morgan fingerprint density at radius 2 is 2.38 bits per heavy atom. The Labute approximate surface area is 100 Å². The van der Waals surface area contributed by atoms with Crippen LogP contribution in [0.2, 0.25) is 0 Å². The van der Waals surface area contributed by atoms with Crippen molar-refractivity contribution in [2.24, 2.45) is 5.73 Å². The lowest BCUT2D eigenvalue weighted by Crippen LogP contribution is -2.11. The van der Waals surface area contributed by atoms with Crippen molar-refractivity contribution in [1.82, 2.24) is 10.1 Å². The number of aromatic nitrogens is 2. The van der Waals surface area contributed by atoms with E-state index in [-0.39, 0.29) is 6.04 Å². The molecule has 1 rings (SSSR count). The summed E-state index contributed by atoms with van der Waals surface area (Å²) in [6.45, 7) is 3.29. The molecule has 1 heterocycles. The number of nitrogens with two attached hydrogens (primary N) is 1. The van der Waals surface area contributed by atoms with Crippen LogP contribution in [0.5, 0.6) is 0 Å². The van der Waals surface area contributed by atoms with Crippen LogP contribution < -0.4 is 5.73 Å².